The van der Waals surface area contributed by atoms with Gasteiger partial charge < -0.3 is 24.5 Å². The van der Waals surface area contributed by atoms with E-state index in [0.29, 0.717) is 23.4 Å². The molecule has 0 saturated carbocycles. The molecule has 1 saturated heterocycles. The Morgan fingerprint density at radius 1 is 1.14 bits per heavy atom. The van der Waals surface area contributed by atoms with Gasteiger partial charge in [0.2, 0.25) is 21.4 Å². The van der Waals surface area contributed by atoms with Crippen molar-refractivity contribution in [2.75, 3.05) is 53.0 Å². The van der Waals surface area contributed by atoms with Crippen molar-refractivity contribution in [1.82, 2.24) is 28.6 Å². The lowest BCUT2D eigenvalue weighted by Gasteiger charge is -2.47. The first kappa shape index (κ1) is 30.5. The maximum atomic E-state index is 13.7. The quantitative estimate of drug-likeness (QED) is 0.107. The van der Waals surface area contributed by atoms with Crippen molar-refractivity contribution >= 4 is 21.1 Å². The monoisotopic (exact) mass is 614 g/mol. The zero-order chi connectivity index (χ0) is 30.9. The highest BCUT2D eigenvalue weighted by molar-refractivity contribution is 7.89. The summed E-state index contributed by atoms with van der Waals surface area (Å²) in [4.78, 5) is 22.6. The summed E-state index contributed by atoms with van der Waals surface area (Å²) in [5.41, 5.74) is 0.506. The van der Waals surface area contributed by atoms with Crippen LogP contribution in [0.3, 0.4) is 0 Å². The normalized spacial score (nSPS) is 15.7. The van der Waals surface area contributed by atoms with Crippen LogP contribution in [0.4, 0.5) is 0 Å². The number of pyridine rings is 2. The first-order valence-electron chi connectivity index (χ1n) is 13.9. The van der Waals surface area contributed by atoms with Crippen molar-refractivity contribution in [3.8, 4) is 23.1 Å². The average molecular weight is 615 g/mol. The fourth-order valence-corrected chi connectivity index (χ4v) is 6.46. The minimum absolute atomic E-state index is 0.0500. The Kier molecular flexibility index (Phi) is 8.49. The number of nitrogens with zero attached hydrogens (tertiary/aromatic N) is 8. The molecule has 0 unspecified atom stereocenters. The van der Waals surface area contributed by atoms with Crippen LogP contribution in [-0.4, -0.2) is 94.7 Å². The molecule has 5 rings (SSSR count). The van der Waals surface area contributed by atoms with E-state index in [1.165, 1.54) is 46.2 Å². The number of fused-ring (bicyclic) bond motifs is 1. The summed E-state index contributed by atoms with van der Waals surface area (Å²) in [5, 5.41) is 29.6. The van der Waals surface area contributed by atoms with E-state index in [2.05, 4.69) is 10.1 Å². The molecule has 4 aromatic rings. The standard InChI is InChI=1S/C27H34N8O7S/c1-5-21-23-24(30-34(21)22-9-7-8-10-33(22)37)27(36)31(3)25(29-23)20-17-19(18-28-26(20)42-16-15-41-4)43(39,40)32-11-13-35(38,6-2)14-12-32/h7-10,17-18H,5-6,11-16H2,1-4H3. The van der Waals surface area contributed by atoms with E-state index in [9.17, 15) is 23.6 Å². The van der Waals surface area contributed by atoms with Gasteiger partial charge in [-0.25, -0.2) is 23.1 Å². The van der Waals surface area contributed by atoms with E-state index in [1.807, 2.05) is 6.92 Å². The lowest BCUT2D eigenvalue weighted by atomic mass is 10.2. The molecule has 5 heterocycles. The molecule has 4 aromatic heterocycles. The number of likely N-dealkylation sites (N-methyl/N-ethyl adjacent to an activating group) is 1. The highest BCUT2D eigenvalue weighted by Gasteiger charge is 2.34. The van der Waals surface area contributed by atoms with Gasteiger partial charge in [-0.2, -0.15) is 4.31 Å². The van der Waals surface area contributed by atoms with Gasteiger partial charge in [0.1, 0.15) is 22.8 Å². The molecule has 1 aliphatic rings. The molecule has 1 fully saturated rings. The smallest absolute Gasteiger partial charge is 0.310 e. The second kappa shape index (κ2) is 12.0. The minimum Gasteiger partial charge on any atom is -0.711 e. The number of ether oxygens (including phenoxy) is 2. The van der Waals surface area contributed by atoms with E-state index in [1.54, 1.807) is 25.1 Å². The molecule has 16 heteroatoms. The van der Waals surface area contributed by atoms with Crippen LogP contribution in [-0.2, 0) is 28.2 Å². The molecule has 0 aromatic carbocycles. The molecular weight excluding hydrogens is 580 g/mol. The topological polar surface area (TPSA) is 171 Å². The molecule has 0 N–H and O–H groups in total. The van der Waals surface area contributed by atoms with Crippen LogP contribution in [0.1, 0.15) is 19.5 Å². The zero-order valence-corrected chi connectivity index (χ0v) is 25.3. The van der Waals surface area contributed by atoms with Gasteiger partial charge in [-0.05, 0) is 19.1 Å². The summed E-state index contributed by atoms with van der Waals surface area (Å²) in [5.74, 6) is 0.361. The Labute approximate surface area is 248 Å². The Morgan fingerprint density at radius 2 is 1.88 bits per heavy atom. The SMILES string of the molecule is CCc1c2nc(-c3cc(S(=O)(=O)N4CC[N+]([O-])(CC)CC4)cnc3OCCOC)n(C)c(=O)c2nn1-c1cccc[n+]1[O-]. The van der Waals surface area contributed by atoms with Gasteiger partial charge in [0.05, 0.1) is 57.3 Å². The highest BCUT2D eigenvalue weighted by atomic mass is 32.2. The Morgan fingerprint density at radius 3 is 2.53 bits per heavy atom. The number of quaternary nitrogens is 1. The van der Waals surface area contributed by atoms with E-state index < -0.39 is 20.2 Å². The van der Waals surface area contributed by atoms with Crippen LogP contribution >= 0.6 is 0 Å². The van der Waals surface area contributed by atoms with Crippen LogP contribution in [0, 0.1) is 10.4 Å². The van der Waals surface area contributed by atoms with E-state index in [-0.39, 0.29) is 78.4 Å². The first-order valence-corrected chi connectivity index (χ1v) is 15.3. The number of sulfonamides is 1. The summed E-state index contributed by atoms with van der Waals surface area (Å²) in [6.07, 6.45) is 2.92. The molecule has 43 heavy (non-hydrogen) atoms. The van der Waals surface area contributed by atoms with Crippen molar-refractivity contribution in [2.24, 2.45) is 7.05 Å². The van der Waals surface area contributed by atoms with Gasteiger partial charge in [0.25, 0.3) is 5.56 Å². The van der Waals surface area contributed by atoms with Gasteiger partial charge >= 0.3 is 5.82 Å². The minimum atomic E-state index is -4.04. The third-order valence-electron chi connectivity index (χ3n) is 7.67. The van der Waals surface area contributed by atoms with Crippen LogP contribution in [0.5, 0.6) is 5.88 Å². The Balaban J connectivity index is 1.66. The van der Waals surface area contributed by atoms with Crippen molar-refractivity contribution in [3.63, 3.8) is 0 Å². The van der Waals surface area contributed by atoms with Gasteiger partial charge in [-0.3, -0.25) is 9.36 Å². The number of hydrogen-bond donors (Lipinski definition) is 0. The fraction of sp³-hybridized carbons (Fsp3) is 0.444. The molecule has 0 aliphatic carbocycles. The maximum Gasteiger partial charge on any atom is 0.310 e. The van der Waals surface area contributed by atoms with Crippen LogP contribution in [0.25, 0.3) is 28.2 Å². The molecular formula is C27H34N8O7S. The van der Waals surface area contributed by atoms with Gasteiger partial charge in [0.15, 0.2) is 5.69 Å². The predicted molar refractivity (Wildman–Crippen MR) is 156 cm³/mol. The first-order chi connectivity index (χ1) is 20.5. The summed E-state index contributed by atoms with van der Waals surface area (Å²) in [6.45, 7) is 4.80. The Hall–Kier alpha value is -3.96. The number of hydrogen-bond acceptors (Lipinski definition) is 10. The second-order valence-corrected chi connectivity index (χ2v) is 12.1. The van der Waals surface area contributed by atoms with Crippen LogP contribution < -0.4 is 15.0 Å². The maximum absolute atomic E-state index is 13.7. The fourth-order valence-electron chi connectivity index (χ4n) is 5.06. The number of hydroxylamine groups is 3. The van der Waals surface area contributed by atoms with Crippen molar-refractivity contribution in [2.45, 2.75) is 25.2 Å². The average Bonchev–Trinajstić information content (AvgIpc) is 3.38. The number of methoxy groups -OCH3 is 1. The number of rotatable bonds is 10. The van der Waals surface area contributed by atoms with Crippen LogP contribution in [0.2, 0.25) is 0 Å². The van der Waals surface area contributed by atoms with Crippen LogP contribution in [0.15, 0.2) is 46.3 Å². The third kappa shape index (κ3) is 5.59. The van der Waals surface area contributed by atoms with E-state index in [0.717, 1.165) is 0 Å². The summed E-state index contributed by atoms with van der Waals surface area (Å²) < 4.78 is 42.4. The second-order valence-electron chi connectivity index (χ2n) is 10.2. The largest absolute Gasteiger partial charge is 0.711 e. The molecule has 0 atom stereocenters. The van der Waals surface area contributed by atoms with Crippen molar-refractivity contribution in [3.05, 3.63) is 63.1 Å². The molecule has 1 aliphatic heterocycles. The molecule has 15 nitrogen and oxygen atoms in total. The Bertz CT molecular complexity index is 1810. The number of aromatic nitrogens is 6. The summed E-state index contributed by atoms with van der Waals surface area (Å²) in [7, 11) is -1.03. The lowest BCUT2D eigenvalue weighted by Crippen LogP contribution is -2.57. The van der Waals surface area contributed by atoms with Gasteiger partial charge in [-0.1, -0.05) is 22.8 Å². The van der Waals surface area contributed by atoms with Gasteiger partial charge in [-0.15, -0.1) is 0 Å². The summed E-state index contributed by atoms with van der Waals surface area (Å²) >= 11 is 0. The predicted octanol–water partition coefficient (Wildman–Crippen LogP) is 0.741. The molecule has 0 spiro atoms. The molecule has 0 amide bonds. The van der Waals surface area contributed by atoms with Gasteiger partial charge in [0, 0.05) is 26.6 Å². The molecule has 230 valence electrons. The van der Waals surface area contributed by atoms with Crippen molar-refractivity contribution < 1.29 is 27.3 Å². The molecule has 0 radical (unpaired) electrons. The number of piperazine rings is 1. The lowest BCUT2D eigenvalue weighted by molar-refractivity contribution is -0.882. The van der Waals surface area contributed by atoms with Crippen molar-refractivity contribution in [1.29, 1.82) is 0 Å². The third-order valence-corrected chi connectivity index (χ3v) is 9.54. The highest BCUT2D eigenvalue weighted by Crippen LogP contribution is 2.32. The molecule has 0 bridgehead atoms. The van der Waals surface area contributed by atoms with E-state index >= 15 is 0 Å². The number of aryl methyl sites for hydroxylation is 1. The summed E-state index contributed by atoms with van der Waals surface area (Å²) in [6, 6.07) is 6.24. The van der Waals surface area contributed by atoms with E-state index in [4.69, 9.17) is 14.5 Å². The zero-order valence-electron chi connectivity index (χ0n) is 24.5.